The van der Waals surface area contributed by atoms with E-state index in [9.17, 15) is 4.79 Å². The van der Waals surface area contributed by atoms with Crippen LogP contribution in [0.5, 0.6) is 0 Å². The van der Waals surface area contributed by atoms with E-state index in [1.165, 1.54) is 6.42 Å². The Labute approximate surface area is 111 Å². The van der Waals surface area contributed by atoms with Gasteiger partial charge in [0.25, 0.3) is 0 Å². The van der Waals surface area contributed by atoms with E-state index in [-0.39, 0.29) is 5.91 Å². The maximum Gasteiger partial charge on any atom is 0.226 e. The first-order valence-electron chi connectivity index (χ1n) is 6.17. The largest absolute Gasteiger partial charge is 0.342 e. The Bertz CT molecular complexity index is 405. The van der Waals surface area contributed by atoms with Crippen LogP contribution in [0, 0.1) is 5.92 Å². The monoisotopic (exact) mass is 295 g/mol. The van der Waals surface area contributed by atoms with E-state index in [0.717, 1.165) is 29.5 Å². The summed E-state index contributed by atoms with van der Waals surface area (Å²) in [5.41, 5.74) is 1.09. The maximum absolute atomic E-state index is 12.1. The Morgan fingerprint density at radius 2 is 2.35 bits per heavy atom. The number of amides is 1. The molecule has 1 fully saturated rings. The van der Waals surface area contributed by atoms with E-state index in [2.05, 4.69) is 22.9 Å². The number of piperidine rings is 1. The van der Waals surface area contributed by atoms with Crippen molar-refractivity contribution in [3.8, 4) is 0 Å². The third-order valence-electron chi connectivity index (χ3n) is 3.25. The van der Waals surface area contributed by atoms with Gasteiger partial charge in [-0.15, -0.1) is 0 Å². The number of rotatable bonds is 2. The van der Waals surface area contributed by atoms with Crippen LogP contribution >= 0.6 is 15.9 Å². The van der Waals surface area contributed by atoms with E-state index in [1.807, 2.05) is 29.2 Å². The second kappa shape index (κ2) is 5.67. The van der Waals surface area contributed by atoms with Gasteiger partial charge in [0.15, 0.2) is 0 Å². The van der Waals surface area contributed by atoms with E-state index in [1.54, 1.807) is 0 Å². The molecular weight excluding hydrogens is 278 g/mol. The van der Waals surface area contributed by atoms with Gasteiger partial charge in [-0.05, 0) is 36.5 Å². The molecule has 1 aromatic rings. The molecule has 1 aromatic carbocycles. The lowest BCUT2D eigenvalue weighted by Gasteiger charge is -2.31. The average Bonchev–Trinajstić information content (AvgIpc) is 2.29. The fourth-order valence-electron chi connectivity index (χ4n) is 2.35. The van der Waals surface area contributed by atoms with Crippen LogP contribution in [0.2, 0.25) is 0 Å². The maximum atomic E-state index is 12.1. The summed E-state index contributed by atoms with van der Waals surface area (Å²) >= 11 is 3.43. The first-order chi connectivity index (χ1) is 8.15. The van der Waals surface area contributed by atoms with Crippen LogP contribution in [-0.4, -0.2) is 23.9 Å². The Kier molecular flexibility index (Phi) is 4.21. The third-order valence-corrected chi connectivity index (χ3v) is 3.75. The predicted octanol–water partition coefficient (Wildman–Crippen LogP) is 3.25. The number of halogens is 1. The van der Waals surface area contributed by atoms with Crippen molar-refractivity contribution in [2.24, 2.45) is 5.92 Å². The topological polar surface area (TPSA) is 20.3 Å². The number of carbonyl (C=O) groups is 1. The van der Waals surface area contributed by atoms with Gasteiger partial charge in [0.2, 0.25) is 5.91 Å². The van der Waals surface area contributed by atoms with Crippen molar-refractivity contribution < 1.29 is 4.79 Å². The zero-order valence-corrected chi connectivity index (χ0v) is 11.7. The van der Waals surface area contributed by atoms with Crippen molar-refractivity contribution >= 4 is 21.8 Å². The SMILES string of the molecule is C[C@H]1CCCN(C(=O)Cc2cccc(Br)c2)C1. The van der Waals surface area contributed by atoms with Gasteiger partial charge < -0.3 is 4.90 Å². The summed E-state index contributed by atoms with van der Waals surface area (Å²) in [7, 11) is 0. The molecule has 0 aliphatic carbocycles. The van der Waals surface area contributed by atoms with Crippen molar-refractivity contribution in [1.29, 1.82) is 0 Å². The van der Waals surface area contributed by atoms with Crippen LogP contribution in [0.25, 0.3) is 0 Å². The molecule has 1 aliphatic rings. The second-order valence-corrected chi connectivity index (χ2v) is 5.81. The third kappa shape index (κ3) is 3.56. The van der Waals surface area contributed by atoms with Gasteiger partial charge in [-0.1, -0.05) is 35.0 Å². The molecule has 0 spiro atoms. The molecule has 1 heterocycles. The summed E-state index contributed by atoms with van der Waals surface area (Å²) in [6.07, 6.45) is 2.91. The average molecular weight is 296 g/mol. The highest BCUT2D eigenvalue weighted by molar-refractivity contribution is 9.10. The van der Waals surface area contributed by atoms with Crippen molar-refractivity contribution in [2.45, 2.75) is 26.2 Å². The van der Waals surface area contributed by atoms with E-state index in [0.29, 0.717) is 12.3 Å². The lowest BCUT2D eigenvalue weighted by molar-refractivity contribution is -0.132. The van der Waals surface area contributed by atoms with Crippen LogP contribution in [0.4, 0.5) is 0 Å². The molecule has 3 heteroatoms. The number of benzene rings is 1. The molecular formula is C14H18BrNO. The smallest absolute Gasteiger partial charge is 0.226 e. The van der Waals surface area contributed by atoms with Gasteiger partial charge in [0, 0.05) is 17.6 Å². The summed E-state index contributed by atoms with van der Waals surface area (Å²) in [4.78, 5) is 14.1. The van der Waals surface area contributed by atoms with Crippen LogP contribution in [0.15, 0.2) is 28.7 Å². The van der Waals surface area contributed by atoms with Gasteiger partial charge in [-0.25, -0.2) is 0 Å². The van der Waals surface area contributed by atoms with E-state index in [4.69, 9.17) is 0 Å². The lowest BCUT2D eigenvalue weighted by Crippen LogP contribution is -2.39. The van der Waals surface area contributed by atoms with Gasteiger partial charge in [-0.2, -0.15) is 0 Å². The fourth-order valence-corrected chi connectivity index (χ4v) is 2.80. The van der Waals surface area contributed by atoms with Crippen LogP contribution in [-0.2, 0) is 11.2 Å². The number of likely N-dealkylation sites (tertiary alicyclic amines) is 1. The quantitative estimate of drug-likeness (QED) is 0.820. The molecule has 17 heavy (non-hydrogen) atoms. The number of nitrogens with zero attached hydrogens (tertiary/aromatic N) is 1. The van der Waals surface area contributed by atoms with E-state index < -0.39 is 0 Å². The van der Waals surface area contributed by atoms with Crippen molar-refractivity contribution in [2.75, 3.05) is 13.1 Å². The first kappa shape index (κ1) is 12.6. The number of hydrogen-bond donors (Lipinski definition) is 0. The molecule has 1 saturated heterocycles. The van der Waals surface area contributed by atoms with Crippen molar-refractivity contribution in [1.82, 2.24) is 4.90 Å². The van der Waals surface area contributed by atoms with Crippen molar-refractivity contribution in [3.05, 3.63) is 34.3 Å². The summed E-state index contributed by atoms with van der Waals surface area (Å²) in [6.45, 7) is 4.07. The normalized spacial score (nSPS) is 20.4. The molecule has 0 radical (unpaired) electrons. The zero-order chi connectivity index (χ0) is 12.3. The van der Waals surface area contributed by atoms with E-state index >= 15 is 0 Å². The molecule has 0 N–H and O–H groups in total. The van der Waals surface area contributed by atoms with Gasteiger partial charge in [0.1, 0.15) is 0 Å². The molecule has 92 valence electrons. The minimum atomic E-state index is 0.259. The predicted molar refractivity (Wildman–Crippen MR) is 72.8 cm³/mol. The Morgan fingerprint density at radius 1 is 1.53 bits per heavy atom. The minimum Gasteiger partial charge on any atom is -0.342 e. The Balaban J connectivity index is 1.96. The van der Waals surface area contributed by atoms with Crippen LogP contribution in [0.1, 0.15) is 25.3 Å². The highest BCUT2D eigenvalue weighted by atomic mass is 79.9. The zero-order valence-electron chi connectivity index (χ0n) is 10.2. The fraction of sp³-hybridized carbons (Fsp3) is 0.500. The molecule has 0 aromatic heterocycles. The molecule has 2 nitrogen and oxygen atoms in total. The summed E-state index contributed by atoms with van der Waals surface area (Å²) < 4.78 is 1.04. The van der Waals surface area contributed by atoms with Gasteiger partial charge >= 0.3 is 0 Å². The summed E-state index contributed by atoms with van der Waals surface area (Å²) in [6, 6.07) is 7.99. The van der Waals surface area contributed by atoms with Crippen LogP contribution in [0.3, 0.4) is 0 Å². The molecule has 0 unspecified atom stereocenters. The van der Waals surface area contributed by atoms with Gasteiger partial charge in [-0.3, -0.25) is 4.79 Å². The molecule has 2 rings (SSSR count). The Morgan fingerprint density at radius 3 is 3.06 bits per heavy atom. The van der Waals surface area contributed by atoms with Crippen molar-refractivity contribution in [3.63, 3.8) is 0 Å². The highest BCUT2D eigenvalue weighted by Crippen LogP contribution is 2.17. The number of carbonyl (C=O) groups excluding carboxylic acids is 1. The lowest BCUT2D eigenvalue weighted by atomic mass is 9.99. The van der Waals surface area contributed by atoms with Gasteiger partial charge in [0.05, 0.1) is 6.42 Å². The second-order valence-electron chi connectivity index (χ2n) is 4.89. The molecule has 1 amide bonds. The minimum absolute atomic E-state index is 0.259. The molecule has 1 atom stereocenters. The first-order valence-corrected chi connectivity index (χ1v) is 6.96. The molecule has 0 bridgehead atoms. The molecule has 0 saturated carbocycles. The standard InChI is InChI=1S/C14H18BrNO/c1-11-4-3-7-16(10-11)14(17)9-12-5-2-6-13(15)8-12/h2,5-6,8,11H,3-4,7,9-10H2,1H3/t11-/m0/s1. The highest BCUT2D eigenvalue weighted by Gasteiger charge is 2.20. The molecule has 1 aliphatic heterocycles. The Hall–Kier alpha value is -0.830. The van der Waals surface area contributed by atoms with Crippen LogP contribution < -0.4 is 0 Å². The summed E-state index contributed by atoms with van der Waals surface area (Å²) in [5.74, 6) is 0.907. The summed E-state index contributed by atoms with van der Waals surface area (Å²) in [5, 5.41) is 0. The number of hydrogen-bond acceptors (Lipinski definition) is 1.